The lowest BCUT2D eigenvalue weighted by molar-refractivity contribution is -0.123. The Kier molecular flexibility index (Phi) is 8.95. The van der Waals surface area contributed by atoms with Crippen molar-refractivity contribution < 1.29 is 23.9 Å². The average molecular weight is 559 g/mol. The number of ether oxygens (including phenoxy) is 1. The summed E-state index contributed by atoms with van der Waals surface area (Å²) >= 11 is 0. The number of alkyl carbamates (subject to hydrolysis) is 1. The molecule has 0 saturated carbocycles. The molecule has 9 nitrogen and oxygen atoms in total. The Bertz CT molecular complexity index is 1460. The van der Waals surface area contributed by atoms with E-state index in [1.54, 1.807) is 39.0 Å². The van der Waals surface area contributed by atoms with E-state index in [-0.39, 0.29) is 24.3 Å². The number of hydrogen-bond acceptors (Lipinski definition) is 5. The van der Waals surface area contributed by atoms with Gasteiger partial charge in [-0.15, -0.1) is 0 Å². The normalized spacial score (nSPS) is 16.4. The fourth-order valence-corrected chi connectivity index (χ4v) is 4.99. The Morgan fingerprint density at radius 3 is 2.46 bits per heavy atom. The van der Waals surface area contributed by atoms with Crippen molar-refractivity contribution in [2.45, 2.75) is 65.1 Å². The largest absolute Gasteiger partial charge is 0.444 e. The van der Waals surface area contributed by atoms with Crippen molar-refractivity contribution in [2.24, 2.45) is 5.92 Å². The van der Waals surface area contributed by atoms with E-state index < -0.39 is 29.6 Å². The molecule has 3 aromatic carbocycles. The van der Waals surface area contributed by atoms with Crippen LogP contribution in [-0.2, 0) is 14.3 Å². The molecule has 4 rings (SSSR count). The van der Waals surface area contributed by atoms with E-state index in [1.165, 1.54) is 0 Å². The van der Waals surface area contributed by atoms with E-state index in [9.17, 15) is 19.2 Å². The third-order valence-electron chi connectivity index (χ3n) is 7.08. The maximum absolute atomic E-state index is 13.4. The molecule has 0 spiro atoms. The second kappa shape index (κ2) is 12.4. The lowest BCUT2D eigenvalue weighted by atomic mass is 9.97. The number of benzene rings is 3. The zero-order valence-corrected chi connectivity index (χ0v) is 24.2. The Labute approximate surface area is 240 Å². The van der Waals surface area contributed by atoms with Crippen LogP contribution in [0.5, 0.6) is 0 Å². The minimum absolute atomic E-state index is 0.124. The van der Waals surface area contributed by atoms with Gasteiger partial charge in [-0.05, 0) is 81.5 Å². The highest BCUT2D eigenvalue weighted by atomic mass is 16.6. The topological polar surface area (TPSA) is 126 Å². The molecule has 4 amide bonds. The van der Waals surface area contributed by atoms with Crippen molar-refractivity contribution >= 4 is 40.3 Å². The first-order chi connectivity index (χ1) is 19.4. The van der Waals surface area contributed by atoms with Crippen LogP contribution in [0.1, 0.15) is 68.1 Å². The molecule has 1 aliphatic heterocycles. The van der Waals surface area contributed by atoms with Crippen molar-refractivity contribution in [3.63, 3.8) is 0 Å². The monoisotopic (exact) mass is 558 g/mol. The molecule has 3 aromatic rings. The number of hydrogen-bond donors (Lipinski definition) is 4. The van der Waals surface area contributed by atoms with Gasteiger partial charge in [-0.3, -0.25) is 14.4 Å². The number of nitrogens with one attached hydrogen (secondary N) is 4. The zero-order valence-electron chi connectivity index (χ0n) is 24.2. The van der Waals surface area contributed by atoms with Gasteiger partial charge in [-0.1, -0.05) is 48.5 Å². The first-order valence-electron chi connectivity index (χ1n) is 13.9. The second-order valence-electron chi connectivity index (χ2n) is 11.5. The smallest absolute Gasteiger partial charge is 0.408 e. The summed E-state index contributed by atoms with van der Waals surface area (Å²) in [6.07, 6.45) is -0.0523. The fourth-order valence-electron chi connectivity index (χ4n) is 4.99. The Balaban J connectivity index is 1.49. The predicted octanol–water partition coefficient (Wildman–Crippen LogP) is 5.00. The van der Waals surface area contributed by atoms with Crippen LogP contribution in [0.3, 0.4) is 0 Å². The average Bonchev–Trinajstić information content (AvgIpc) is 3.31. The first kappa shape index (κ1) is 29.6. The molecule has 41 heavy (non-hydrogen) atoms. The molecule has 9 heteroatoms. The molecule has 0 bridgehead atoms. The van der Waals surface area contributed by atoms with Gasteiger partial charge in [0.2, 0.25) is 11.8 Å². The summed E-state index contributed by atoms with van der Waals surface area (Å²) in [6.45, 7) is 9.48. The molecule has 1 saturated heterocycles. The number of aryl methyl sites for hydroxylation is 1. The zero-order chi connectivity index (χ0) is 29.7. The van der Waals surface area contributed by atoms with Crippen LogP contribution >= 0.6 is 0 Å². The first-order valence-corrected chi connectivity index (χ1v) is 13.9. The molecule has 3 atom stereocenters. The predicted molar refractivity (Wildman–Crippen MR) is 159 cm³/mol. The highest BCUT2D eigenvalue weighted by Gasteiger charge is 2.32. The van der Waals surface area contributed by atoms with E-state index in [4.69, 9.17) is 4.74 Å². The minimum atomic E-state index is -1.01. The molecule has 0 aromatic heterocycles. The summed E-state index contributed by atoms with van der Waals surface area (Å²) in [5.41, 5.74) is 1.82. The van der Waals surface area contributed by atoms with Crippen LogP contribution in [0.2, 0.25) is 0 Å². The van der Waals surface area contributed by atoms with Gasteiger partial charge in [0.25, 0.3) is 5.91 Å². The van der Waals surface area contributed by atoms with Crippen molar-refractivity contribution in [3.8, 4) is 0 Å². The lowest BCUT2D eigenvalue weighted by Gasteiger charge is -2.24. The van der Waals surface area contributed by atoms with E-state index in [0.29, 0.717) is 24.2 Å². The van der Waals surface area contributed by atoms with Gasteiger partial charge >= 0.3 is 6.09 Å². The van der Waals surface area contributed by atoms with Crippen LogP contribution in [0, 0.1) is 12.8 Å². The molecular formula is C32H38N4O5. The van der Waals surface area contributed by atoms with E-state index in [1.807, 2.05) is 56.3 Å². The van der Waals surface area contributed by atoms with Crippen molar-refractivity contribution in [3.05, 3.63) is 77.4 Å². The third-order valence-corrected chi connectivity index (χ3v) is 7.08. The molecule has 1 aliphatic rings. The van der Waals surface area contributed by atoms with E-state index in [2.05, 4.69) is 21.3 Å². The van der Waals surface area contributed by atoms with Crippen LogP contribution in [0.4, 0.5) is 10.5 Å². The van der Waals surface area contributed by atoms with Gasteiger partial charge in [-0.2, -0.15) is 0 Å². The highest BCUT2D eigenvalue weighted by molar-refractivity contribution is 6.00. The van der Waals surface area contributed by atoms with Gasteiger partial charge in [0, 0.05) is 23.7 Å². The van der Waals surface area contributed by atoms with Gasteiger partial charge < -0.3 is 26.0 Å². The van der Waals surface area contributed by atoms with Gasteiger partial charge in [-0.25, -0.2) is 4.79 Å². The van der Waals surface area contributed by atoms with Gasteiger partial charge in [0.1, 0.15) is 11.6 Å². The van der Waals surface area contributed by atoms with Crippen molar-refractivity contribution in [2.75, 3.05) is 11.9 Å². The summed E-state index contributed by atoms with van der Waals surface area (Å²) in [7, 11) is 0. The maximum Gasteiger partial charge on any atom is 0.408 e. The van der Waals surface area contributed by atoms with Gasteiger partial charge in [0.15, 0.2) is 0 Å². The number of carbonyl (C=O) groups is 4. The molecule has 0 aliphatic carbocycles. The fraction of sp³-hybridized carbons (Fsp3) is 0.375. The Hall–Kier alpha value is -4.40. The second-order valence-corrected chi connectivity index (χ2v) is 11.5. The summed E-state index contributed by atoms with van der Waals surface area (Å²) < 4.78 is 5.34. The number of carbonyl (C=O) groups excluding carboxylic acids is 4. The Morgan fingerprint density at radius 1 is 1.02 bits per heavy atom. The minimum Gasteiger partial charge on any atom is -0.444 e. The maximum atomic E-state index is 13.4. The SMILES string of the molecule is Cc1ccc(NC(=O)[C@H](C[C@@H]2CCNC2=O)NC(=O)OC(C)(C)C)cc1C(=O)N[C@H](C)c1cccc2ccccc12. The summed E-state index contributed by atoms with van der Waals surface area (Å²) in [6, 6.07) is 17.8. The van der Waals surface area contributed by atoms with Crippen molar-refractivity contribution in [1.82, 2.24) is 16.0 Å². The molecule has 4 N–H and O–H groups in total. The molecule has 0 radical (unpaired) electrons. The third kappa shape index (κ3) is 7.63. The quantitative estimate of drug-likeness (QED) is 0.310. The van der Waals surface area contributed by atoms with E-state index >= 15 is 0 Å². The van der Waals surface area contributed by atoms with Crippen LogP contribution in [-0.4, -0.2) is 42.0 Å². The Morgan fingerprint density at radius 2 is 1.76 bits per heavy atom. The number of rotatable bonds is 8. The van der Waals surface area contributed by atoms with E-state index in [0.717, 1.165) is 21.9 Å². The highest BCUT2D eigenvalue weighted by Crippen LogP contribution is 2.25. The lowest BCUT2D eigenvalue weighted by Crippen LogP contribution is -2.47. The number of fused-ring (bicyclic) bond motifs is 1. The van der Waals surface area contributed by atoms with Crippen LogP contribution in [0.15, 0.2) is 60.7 Å². The summed E-state index contributed by atoms with van der Waals surface area (Å²) in [5, 5.41) is 13.4. The number of amides is 4. The molecule has 1 heterocycles. The van der Waals surface area contributed by atoms with Crippen molar-refractivity contribution in [1.29, 1.82) is 0 Å². The van der Waals surface area contributed by atoms with Crippen LogP contribution in [0.25, 0.3) is 10.8 Å². The number of anilines is 1. The molecular weight excluding hydrogens is 520 g/mol. The van der Waals surface area contributed by atoms with Gasteiger partial charge in [0.05, 0.1) is 6.04 Å². The molecule has 216 valence electrons. The summed E-state index contributed by atoms with van der Waals surface area (Å²) in [4.78, 5) is 51.4. The summed E-state index contributed by atoms with van der Waals surface area (Å²) in [5.74, 6) is -1.33. The molecule has 0 unspecified atom stereocenters. The standard InChI is InChI=1S/C32H38N4O5/c1-19-13-14-23(18-26(19)29(38)34-20(2)24-12-8-10-21-9-6-7-11-25(21)24)35-30(39)27(17-22-15-16-33-28(22)37)36-31(40)41-32(3,4)5/h6-14,18,20,22,27H,15-17H2,1-5H3,(H,33,37)(H,34,38)(H,35,39)(H,36,40)/t20-,22+,27+/m1/s1. The molecule has 1 fully saturated rings. The van der Waals surface area contributed by atoms with Crippen LogP contribution < -0.4 is 21.3 Å².